The van der Waals surface area contributed by atoms with Crippen LogP contribution >= 0.6 is 0 Å². The summed E-state index contributed by atoms with van der Waals surface area (Å²) in [7, 11) is 0. The van der Waals surface area contributed by atoms with E-state index in [1.165, 1.54) is 11.6 Å². The van der Waals surface area contributed by atoms with E-state index in [0.717, 1.165) is 17.0 Å². The summed E-state index contributed by atoms with van der Waals surface area (Å²) in [6, 6.07) is 18.4. The molecule has 28 heavy (non-hydrogen) atoms. The van der Waals surface area contributed by atoms with Crippen LogP contribution in [0.5, 0.6) is 5.75 Å². The number of anilines is 1. The highest BCUT2D eigenvalue weighted by molar-refractivity contribution is 5.95. The monoisotopic (exact) mass is 378 g/mol. The van der Waals surface area contributed by atoms with Gasteiger partial charge < -0.3 is 15.4 Å². The van der Waals surface area contributed by atoms with E-state index in [1.54, 1.807) is 6.07 Å². The zero-order valence-corrected chi connectivity index (χ0v) is 15.8. The summed E-state index contributed by atoms with van der Waals surface area (Å²) >= 11 is 0. The van der Waals surface area contributed by atoms with Gasteiger partial charge in [0.05, 0.1) is 12.3 Å². The minimum atomic E-state index is -0.324. The van der Waals surface area contributed by atoms with Gasteiger partial charge in [0.25, 0.3) is 5.91 Å². The number of para-hydroxylation sites is 1. The number of aromatic nitrogens is 2. The molecule has 2 amide bonds. The Morgan fingerprint density at radius 3 is 2.43 bits per heavy atom. The Labute approximate surface area is 163 Å². The molecule has 0 saturated heterocycles. The Bertz CT molecular complexity index is 950. The Morgan fingerprint density at radius 1 is 1.07 bits per heavy atom. The number of hydrogen-bond acceptors (Lipinski definition) is 4. The number of hydrogen-bond donors (Lipinski definition) is 2. The van der Waals surface area contributed by atoms with Crippen LogP contribution in [-0.2, 0) is 11.3 Å². The Kier molecular flexibility index (Phi) is 6.06. The van der Waals surface area contributed by atoms with Gasteiger partial charge in [0.2, 0.25) is 5.91 Å². The third kappa shape index (κ3) is 4.76. The molecule has 0 unspecified atom stereocenters. The van der Waals surface area contributed by atoms with Crippen molar-refractivity contribution in [3.63, 3.8) is 0 Å². The highest BCUT2D eigenvalue weighted by atomic mass is 16.5. The third-order valence-electron chi connectivity index (χ3n) is 3.93. The minimum Gasteiger partial charge on any atom is -0.494 e. The van der Waals surface area contributed by atoms with Crippen LogP contribution in [0.3, 0.4) is 0 Å². The highest BCUT2D eigenvalue weighted by Crippen LogP contribution is 2.18. The van der Waals surface area contributed by atoms with Gasteiger partial charge in [-0.2, -0.15) is 5.10 Å². The smallest absolute Gasteiger partial charge is 0.272 e. The second kappa shape index (κ2) is 8.85. The molecule has 2 aromatic carbocycles. The second-order valence-electron chi connectivity index (χ2n) is 6.10. The number of amides is 2. The maximum Gasteiger partial charge on any atom is 0.272 e. The number of carbonyl (C=O) groups excluding carboxylic acids is 2. The van der Waals surface area contributed by atoms with Crippen molar-refractivity contribution in [2.45, 2.75) is 20.4 Å². The SMILES string of the molecule is CCOc1ccc(CNC(=O)c2cc(NC(C)=O)n(-c3ccccc3)n2)cc1. The van der Waals surface area contributed by atoms with Gasteiger partial charge in [0.1, 0.15) is 11.6 Å². The molecule has 0 saturated carbocycles. The standard InChI is InChI=1S/C21H22N4O3/c1-3-28-18-11-9-16(10-12-18)14-22-21(27)19-13-20(23-15(2)26)25(24-19)17-7-5-4-6-8-17/h4-13H,3,14H2,1-2H3,(H,22,27)(H,23,26). The largest absolute Gasteiger partial charge is 0.494 e. The van der Waals surface area contributed by atoms with Crippen molar-refractivity contribution < 1.29 is 14.3 Å². The quantitative estimate of drug-likeness (QED) is 0.661. The van der Waals surface area contributed by atoms with E-state index in [2.05, 4.69) is 15.7 Å². The predicted octanol–water partition coefficient (Wildman–Crippen LogP) is 3.16. The van der Waals surface area contributed by atoms with Gasteiger partial charge >= 0.3 is 0 Å². The van der Waals surface area contributed by atoms with Crippen molar-refractivity contribution >= 4 is 17.6 Å². The lowest BCUT2D eigenvalue weighted by atomic mass is 10.2. The molecule has 0 radical (unpaired) electrons. The van der Waals surface area contributed by atoms with Crippen LogP contribution in [0.25, 0.3) is 5.69 Å². The summed E-state index contributed by atoms with van der Waals surface area (Å²) in [5.74, 6) is 0.664. The molecule has 3 aromatic rings. The summed E-state index contributed by atoms with van der Waals surface area (Å²) in [5.41, 5.74) is 1.91. The summed E-state index contributed by atoms with van der Waals surface area (Å²) in [5, 5.41) is 9.90. The molecule has 7 heteroatoms. The first kappa shape index (κ1) is 19.2. The van der Waals surface area contributed by atoms with Crippen LogP contribution in [0.15, 0.2) is 60.7 Å². The molecule has 0 aliphatic carbocycles. The van der Waals surface area contributed by atoms with Crippen molar-refractivity contribution in [3.8, 4) is 11.4 Å². The maximum absolute atomic E-state index is 12.5. The van der Waals surface area contributed by atoms with Crippen molar-refractivity contribution in [2.75, 3.05) is 11.9 Å². The van der Waals surface area contributed by atoms with E-state index in [0.29, 0.717) is 19.0 Å². The molecular formula is C21H22N4O3. The van der Waals surface area contributed by atoms with E-state index >= 15 is 0 Å². The molecule has 1 heterocycles. The lowest BCUT2D eigenvalue weighted by molar-refractivity contribution is -0.114. The zero-order valence-electron chi connectivity index (χ0n) is 15.8. The lowest BCUT2D eigenvalue weighted by Gasteiger charge is -2.07. The third-order valence-corrected chi connectivity index (χ3v) is 3.93. The van der Waals surface area contributed by atoms with Crippen LogP contribution in [0.4, 0.5) is 5.82 Å². The number of ether oxygens (including phenoxy) is 1. The van der Waals surface area contributed by atoms with Crippen LogP contribution in [0.1, 0.15) is 29.9 Å². The maximum atomic E-state index is 12.5. The van der Waals surface area contributed by atoms with Gasteiger partial charge in [0.15, 0.2) is 5.69 Å². The summed E-state index contributed by atoms with van der Waals surface area (Å²) in [4.78, 5) is 24.0. The average molecular weight is 378 g/mol. The van der Waals surface area contributed by atoms with Gasteiger partial charge in [-0.1, -0.05) is 30.3 Å². The van der Waals surface area contributed by atoms with E-state index in [4.69, 9.17) is 4.74 Å². The molecule has 0 bridgehead atoms. The van der Waals surface area contributed by atoms with E-state index < -0.39 is 0 Å². The van der Waals surface area contributed by atoms with E-state index in [-0.39, 0.29) is 17.5 Å². The second-order valence-corrected chi connectivity index (χ2v) is 6.10. The number of carbonyl (C=O) groups is 2. The van der Waals surface area contributed by atoms with Crippen LogP contribution < -0.4 is 15.4 Å². The van der Waals surface area contributed by atoms with Gasteiger partial charge in [-0.05, 0) is 36.8 Å². The number of rotatable bonds is 7. The minimum absolute atomic E-state index is 0.221. The average Bonchev–Trinajstić information content (AvgIpc) is 3.11. The fraction of sp³-hybridized carbons (Fsp3) is 0.190. The number of nitrogens with one attached hydrogen (secondary N) is 2. The first-order chi connectivity index (χ1) is 13.6. The highest BCUT2D eigenvalue weighted by Gasteiger charge is 2.16. The molecule has 0 atom stereocenters. The fourth-order valence-corrected chi connectivity index (χ4v) is 2.67. The van der Waals surface area contributed by atoms with Crippen molar-refractivity contribution in [1.29, 1.82) is 0 Å². The summed E-state index contributed by atoms with van der Waals surface area (Å²) in [6.45, 7) is 4.31. The summed E-state index contributed by atoms with van der Waals surface area (Å²) < 4.78 is 6.95. The molecule has 1 aromatic heterocycles. The molecule has 0 spiro atoms. The fourth-order valence-electron chi connectivity index (χ4n) is 2.67. The first-order valence-corrected chi connectivity index (χ1v) is 9.00. The van der Waals surface area contributed by atoms with Crippen LogP contribution in [0.2, 0.25) is 0 Å². The van der Waals surface area contributed by atoms with E-state index in [1.807, 2.05) is 61.5 Å². The van der Waals surface area contributed by atoms with Crippen LogP contribution in [-0.4, -0.2) is 28.2 Å². The molecule has 0 aliphatic heterocycles. The van der Waals surface area contributed by atoms with Gasteiger partial charge in [-0.15, -0.1) is 0 Å². The molecular weight excluding hydrogens is 356 g/mol. The normalized spacial score (nSPS) is 10.4. The lowest BCUT2D eigenvalue weighted by Crippen LogP contribution is -2.23. The van der Waals surface area contributed by atoms with E-state index in [9.17, 15) is 9.59 Å². The predicted molar refractivity (Wildman–Crippen MR) is 107 cm³/mol. The molecule has 0 aliphatic rings. The number of nitrogens with zero attached hydrogens (tertiary/aromatic N) is 2. The molecule has 7 nitrogen and oxygen atoms in total. The summed E-state index contributed by atoms with van der Waals surface area (Å²) in [6.07, 6.45) is 0. The van der Waals surface area contributed by atoms with Gasteiger partial charge in [-0.3, -0.25) is 9.59 Å². The van der Waals surface area contributed by atoms with Crippen molar-refractivity contribution in [2.24, 2.45) is 0 Å². The molecule has 2 N–H and O–H groups in total. The van der Waals surface area contributed by atoms with Gasteiger partial charge in [-0.25, -0.2) is 4.68 Å². The van der Waals surface area contributed by atoms with Crippen molar-refractivity contribution in [1.82, 2.24) is 15.1 Å². The Morgan fingerprint density at radius 2 is 1.79 bits per heavy atom. The molecule has 0 fully saturated rings. The zero-order chi connectivity index (χ0) is 19.9. The first-order valence-electron chi connectivity index (χ1n) is 9.00. The molecule has 3 rings (SSSR count). The number of benzene rings is 2. The Balaban J connectivity index is 1.74. The Hall–Kier alpha value is -3.61. The van der Waals surface area contributed by atoms with Crippen molar-refractivity contribution in [3.05, 3.63) is 71.9 Å². The topological polar surface area (TPSA) is 85.3 Å². The van der Waals surface area contributed by atoms with Gasteiger partial charge in [0, 0.05) is 19.5 Å². The molecule has 144 valence electrons. The van der Waals surface area contributed by atoms with Crippen LogP contribution in [0, 0.1) is 0 Å².